The molecular weight excluding hydrogens is 256 g/mol. The Morgan fingerprint density at radius 2 is 2.35 bits per heavy atom. The zero-order valence-electron chi connectivity index (χ0n) is 11.2. The first-order valence-electron chi connectivity index (χ1n) is 6.60. The number of pyridine rings is 2. The monoisotopic (exact) mass is 272 g/mol. The summed E-state index contributed by atoms with van der Waals surface area (Å²) >= 11 is 0. The maximum Gasteiger partial charge on any atom is 0.244 e. The van der Waals surface area contributed by atoms with Crippen LogP contribution < -0.4 is 10.6 Å². The Kier molecular flexibility index (Phi) is 3.58. The number of nitrogens with one attached hydrogen (secondary N) is 2. The Labute approximate surface area is 116 Å². The Bertz CT molecular complexity index is 626. The van der Waals surface area contributed by atoms with Gasteiger partial charge in [-0.1, -0.05) is 0 Å². The zero-order valence-corrected chi connectivity index (χ0v) is 11.2. The summed E-state index contributed by atoms with van der Waals surface area (Å²) in [6.45, 7) is 3.21. The van der Waals surface area contributed by atoms with Crippen molar-refractivity contribution in [2.75, 3.05) is 18.5 Å². The highest BCUT2D eigenvalue weighted by atomic mass is 16.5. The number of fused-ring (bicyclic) bond motifs is 1. The van der Waals surface area contributed by atoms with Gasteiger partial charge < -0.3 is 15.4 Å². The molecule has 6 nitrogen and oxygen atoms in total. The van der Waals surface area contributed by atoms with Crippen molar-refractivity contribution in [3.8, 4) is 0 Å². The van der Waals surface area contributed by atoms with E-state index < -0.39 is 0 Å². The van der Waals surface area contributed by atoms with Crippen LogP contribution in [-0.2, 0) is 9.53 Å². The van der Waals surface area contributed by atoms with Crippen LogP contribution in [0.5, 0.6) is 0 Å². The lowest BCUT2D eigenvalue weighted by molar-refractivity contribution is -0.123. The van der Waals surface area contributed by atoms with Crippen LogP contribution in [-0.4, -0.2) is 41.2 Å². The van der Waals surface area contributed by atoms with Crippen LogP contribution in [0.2, 0.25) is 0 Å². The lowest BCUT2D eigenvalue weighted by Gasteiger charge is -2.29. The molecule has 1 aliphatic rings. The smallest absolute Gasteiger partial charge is 0.244 e. The minimum absolute atomic E-state index is 0.103. The minimum atomic E-state index is -0.344. The van der Waals surface area contributed by atoms with Crippen LogP contribution in [0.3, 0.4) is 0 Å². The largest absolute Gasteiger partial charge is 0.375 e. The van der Waals surface area contributed by atoms with Crippen molar-refractivity contribution < 1.29 is 9.53 Å². The molecule has 0 spiro atoms. The van der Waals surface area contributed by atoms with E-state index in [1.165, 1.54) is 0 Å². The minimum Gasteiger partial charge on any atom is -0.375 e. The molecule has 0 unspecified atom stereocenters. The van der Waals surface area contributed by atoms with E-state index in [1.54, 1.807) is 24.7 Å². The van der Waals surface area contributed by atoms with Crippen molar-refractivity contribution in [2.24, 2.45) is 0 Å². The summed E-state index contributed by atoms with van der Waals surface area (Å²) in [7, 11) is 0. The molecule has 3 rings (SSSR count). The number of rotatable bonds is 2. The average molecular weight is 272 g/mol. The molecule has 6 heteroatoms. The van der Waals surface area contributed by atoms with Gasteiger partial charge in [0, 0.05) is 30.5 Å². The first-order chi connectivity index (χ1) is 9.75. The van der Waals surface area contributed by atoms with Gasteiger partial charge in [0.1, 0.15) is 6.04 Å². The highest BCUT2D eigenvalue weighted by Gasteiger charge is 2.28. The van der Waals surface area contributed by atoms with Gasteiger partial charge in [-0.2, -0.15) is 0 Å². The first-order valence-corrected chi connectivity index (χ1v) is 6.60. The van der Waals surface area contributed by atoms with Gasteiger partial charge in [-0.25, -0.2) is 0 Å². The molecule has 1 saturated heterocycles. The highest BCUT2D eigenvalue weighted by Crippen LogP contribution is 2.20. The van der Waals surface area contributed by atoms with Crippen LogP contribution in [0.15, 0.2) is 30.7 Å². The molecule has 104 valence electrons. The van der Waals surface area contributed by atoms with Crippen LogP contribution in [0.4, 0.5) is 5.69 Å². The third-order valence-electron chi connectivity index (χ3n) is 3.40. The molecule has 0 radical (unpaired) electrons. The number of carbonyl (C=O) groups is 1. The van der Waals surface area contributed by atoms with Gasteiger partial charge in [-0.3, -0.25) is 14.8 Å². The molecule has 3 heterocycles. The summed E-state index contributed by atoms with van der Waals surface area (Å²) in [5.41, 5.74) is 1.52. The van der Waals surface area contributed by atoms with Crippen molar-refractivity contribution in [1.82, 2.24) is 15.3 Å². The van der Waals surface area contributed by atoms with Crippen molar-refractivity contribution in [1.29, 1.82) is 0 Å². The van der Waals surface area contributed by atoms with Gasteiger partial charge in [-0.05, 0) is 19.1 Å². The summed E-state index contributed by atoms with van der Waals surface area (Å²) in [6.07, 6.45) is 4.91. The first kappa shape index (κ1) is 13.0. The van der Waals surface area contributed by atoms with Gasteiger partial charge in [0.05, 0.1) is 23.9 Å². The molecule has 1 amide bonds. The van der Waals surface area contributed by atoms with Crippen LogP contribution in [0, 0.1) is 0 Å². The molecule has 0 saturated carbocycles. The molecule has 1 aliphatic heterocycles. The molecule has 0 bridgehead atoms. The van der Waals surface area contributed by atoms with E-state index in [-0.39, 0.29) is 18.1 Å². The molecular formula is C14H16N4O2. The van der Waals surface area contributed by atoms with E-state index in [1.807, 2.05) is 13.0 Å². The second kappa shape index (κ2) is 5.52. The summed E-state index contributed by atoms with van der Waals surface area (Å²) in [4.78, 5) is 20.6. The van der Waals surface area contributed by atoms with Crippen LogP contribution in [0.25, 0.3) is 10.9 Å². The molecule has 2 aromatic rings. The number of hydrogen-bond acceptors (Lipinski definition) is 5. The standard InChI is InChI=1S/C14H16N4O2/c1-9-13(17-6-7-20-9)14(19)18-12-3-5-16-11-2-4-15-8-10(11)12/h2-5,8-9,13,17H,6-7H2,1H3,(H,16,18,19)/t9-,13+/m1/s1. The predicted molar refractivity (Wildman–Crippen MR) is 75.4 cm³/mol. The zero-order chi connectivity index (χ0) is 13.9. The second-order valence-electron chi connectivity index (χ2n) is 4.75. The van der Waals surface area contributed by atoms with E-state index >= 15 is 0 Å². The number of anilines is 1. The van der Waals surface area contributed by atoms with E-state index in [0.29, 0.717) is 18.8 Å². The fraction of sp³-hybridized carbons (Fsp3) is 0.357. The maximum atomic E-state index is 12.3. The Hall–Kier alpha value is -2.05. The van der Waals surface area contributed by atoms with Crippen molar-refractivity contribution >= 4 is 22.5 Å². The SMILES string of the molecule is C[C@H]1OCCN[C@@H]1C(=O)Nc1ccnc2ccncc12. The number of nitrogens with zero attached hydrogens (tertiary/aromatic N) is 2. The number of carbonyl (C=O) groups excluding carboxylic acids is 1. The Balaban J connectivity index is 1.84. The van der Waals surface area contributed by atoms with Gasteiger partial charge in [0.25, 0.3) is 0 Å². The van der Waals surface area contributed by atoms with Crippen molar-refractivity contribution in [2.45, 2.75) is 19.1 Å². The molecule has 0 aliphatic carbocycles. The van der Waals surface area contributed by atoms with E-state index in [0.717, 1.165) is 10.9 Å². The lowest BCUT2D eigenvalue weighted by Crippen LogP contribution is -2.53. The van der Waals surface area contributed by atoms with E-state index in [4.69, 9.17) is 4.74 Å². The summed E-state index contributed by atoms with van der Waals surface area (Å²) < 4.78 is 5.49. The number of hydrogen-bond donors (Lipinski definition) is 2. The molecule has 2 aromatic heterocycles. The molecule has 1 fully saturated rings. The summed E-state index contributed by atoms with van der Waals surface area (Å²) in [5.74, 6) is -0.103. The molecule has 2 N–H and O–H groups in total. The van der Waals surface area contributed by atoms with Gasteiger partial charge in [0.15, 0.2) is 0 Å². The molecule has 0 aromatic carbocycles. The topological polar surface area (TPSA) is 76.1 Å². The van der Waals surface area contributed by atoms with Gasteiger partial charge in [0.2, 0.25) is 5.91 Å². The Morgan fingerprint density at radius 3 is 3.20 bits per heavy atom. The normalized spacial score (nSPS) is 22.6. The maximum absolute atomic E-state index is 12.3. The third-order valence-corrected chi connectivity index (χ3v) is 3.40. The summed E-state index contributed by atoms with van der Waals surface area (Å²) in [5, 5.41) is 6.92. The van der Waals surface area contributed by atoms with E-state index in [2.05, 4.69) is 20.6 Å². The third kappa shape index (κ3) is 2.48. The fourth-order valence-corrected chi connectivity index (χ4v) is 2.34. The summed E-state index contributed by atoms with van der Waals surface area (Å²) in [6, 6.07) is 3.25. The van der Waals surface area contributed by atoms with Crippen LogP contribution in [0.1, 0.15) is 6.92 Å². The average Bonchev–Trinajstić information content (AvgIpc) is 2.48. The fourth-order valence-electron chi connectivity index (χ4n) is 2.34. The second-order valence-corrected chi connectivity index (χ2v) is 4.75. The van der Waals surface area contributed by atoms with Crippen LogP contribution >= 0.6 is 0 Å². The lowest BCUT2D eigenvalue weighted by atomic mass is 10.1. The number of morpholine rings is 1. The van der Waals surface area contributed by atoms with Crippen molar-refractivity contribution in [3.05, 3.63) is 30.7 Å². The van der Waals surface area contributed by atoms with E-state index in [9.17, 15) is 4.79 Å². The molecule has 20 heavy (non-hydrogen) atoms. The Morgan fingerprint density at radius 1 is 1.45 bits per heavy atom. The number of ether oxygens (including phenoxy) is 1. The van der Waals surface area contributed by atoms with Crippen molar-refractivity contribution in [3.63, 3.8) is 0 Å². The quantitative estimate of drug-likeness (QED) is 0.851. The van der Waals surface area contributed by atoms with Gasteiger partial charge >= 0.3 is 0 Å². The predicted octanol–water partition coefficient (Wildman–Crippen LogP) is 0.945. The molecule has 2 atom stereocenters. The number of aromatic nitrogens is 2. The highest BCUT2D eigenvalue weighted by molar-refractivity contribution is 6.02. The van der Waals surface area contributed by atoms with Gasteiger partial charge in [-0.15, -0.1) is 0 Å². The number of amides is 1.